The summed E-state index contributed by atoms with van der Waals surface area (Å²) in [5.74, 6) is 2.32. The molecule has 0 aliphatic heterocycles. The van der Waals surface area contributed by atoms with Crippen LogP contribution in [0.15, 0.2) is 23.8 Å². The molecule has 1 N–H and O–H groups in total. The maximum Gasteiger partial charge on any atom is 0.0809 e. The van der Waals surface area contributed by atoms with Gasteiger partial charge in [-0.15, -0.1) is 0 Å². The first kappa shape index (κ1) is 26.4. The minimum absolute atomic E-state index is 0.0112. The highest BCUT2D eigenvalue weighted by atomic mass is 16.5. The molecule has 0 radical (unpaired) electrons. The zero-order valence-corrected chi connectivity index (χ0v) is 20.2. The topological polar surface area (TPSA) is 29.5 Å². The second-order valence-electron chi connectivity index (χ2n) is 9.54. The van der Waals surface area contributed by atoms with Crippen molar-refractivity contribution in [3.05, 3.63) is 30.2 Å². The van der Waals surface area contributed by atoms with Gasteiger partial charge in [0.1, 0.15) is 0 Å². The Kier molecular flexibility index (Phi) is 13.9. The Morgan fingerprint density at radius 2 is 1.90 bits per heavy atom. The lowest BCUT2D eigenvalue weighted by Crippen LogP contribution is -2.39. The monoisotopic (exact) mass is 405 g/mol. The second kappa shape index (κ2) is 15.2. The first-order valence-electron chi connectivity index (χ1n) is 12.3. The van der Waals surface area contributed by atoms with E-state index in [1.807, 2.05) is 0 Å². The van der Waals surface area contributed by atoms with Gasteiger partial charge in [-0.25, -0.2) is 0 Å². The minimum Gasteiger partial charge on any atom is -0.394 e. The summed E-state index contributed by atoms with van der Waals surface area (Å²) in [6, 6.07) is 0. The zero-order chi connectivity index (χ0) is 21.6. The fraction of sp³-hybridized carbons (Fsp3) is 0.815. The van der Waals surface area contributed by atoms with E-state index in [2.05, 4.69) is 66.2 Å². The molecular weight excluding hydrogens is 356 g/mol. The molecule has 170 valence electrons. The highest BCUT2D eigenvalue weighted by molar-refractivity contribution is 5.04. The van der Waals surface area contributed by atoms with E-state index in [0.29, 0.717) is 17.8 Å². The quantitative estimate of drug-likeness (QED) is 0.173. The molecule has 1 rings (SSSR count). The average molecular weight is 406 g/mol. The third-order valence-corrected chi connectivity index (χ3v) is 6.90. The van der Waals surface area contributed by atoms with Crippen LogP contribution in [0.1, 0.15) is 99.3 Å². The molecule has 0 heterocycles. The molecule has 0 saturated carbocycles. The van der Waals surface area contributed by atoms with E-state index in [0.717, 1.165) is 25.2 Å². The Labute approximate surface area is 182 Å². The highest BCUT2D eigenvalue weighted by Gasteiger charge is 2.33. The molecule has 2 nitrogen and oxygen atoms in total. The van der Waals surface area contributed by atoms with Crippen LogP contribution >= 0.6 is 0 Å². The third kappa shape index (κ3) is 10.3. The Morgan fingerprint density at radius 1 is 1.17 bits per heavy atom. The van der Waals surface area contributed by atoms with Gasteiger partial charge in [0, 0.05) is 5.92 Å². The maximum absolute atomic E-state index is 9.87. The number of hydrogen-bond donors (Lipinski definition) is 1. The van der Waals surface area contributed by atoms with E-state index in [1.54, 1.807) is 5.57 Å². The Balaban J connectivity index is 2.30. The van der Waals surface area contributed by atoms with Crippen molar-refractivity contribution in [2.45, 2.75) is 112 Å². The molecule has 29 heavy (non-hydrogen) atoms. The lowest BCUT2D eigenvalue weighted by Gasteiger charge is -2.38. The van der Waals surface area contributed by atoms with Gasteiger partial charge < -0.3 is 16.3 Å². The van der Waals surface area contributed by atoms with Crippen molar-refractivity contribution in [3.63, 3.8) is 0 Å². The van der Waals surface area contributed by atoms with Gasteiger partial charge in [-0.3, -0.25) is 0 Å². The summed E-state index contributed by atoms with van der Waals surface area (Å²) in [6.45, 7) is 13.7. The summed E-state index contributed by atoms with van der Waals surface area (Å²) >= 11 is 0. The second-order valence-corrected chi connectivity index (χ2v) is 9.54. The van der Waals surface area contributed by atoms with Crippen molar-refractivity contribution in [2.24, 2.45) is 23.7 Å². The summed E-state index contributed by atoms with van der Waals surface area (Å²) in [5, 5.41) is 9.87. The van der Waals surface area contributed by atoms with Crippen LogP contribution in [-0.2, 0) is 4.74 Å². The largest absolute Gasteiger partial charge is 0.394 e. The van der Waals surface area contributed by atoms with Crippen LogP contribution in [0.25, 0.3) is 0 Å². The summed E-state index contributed by atoms with van der Waals surface area (Å²) in [7, 11) is 0. The number of unbranched alkanes of at least 4 members (excludes halogenated alkanes) is 2. The van der Waals surface area contributed by atoms with Crippen LogP contribution < -0.4 is 0 Å². The summed E-state index contributed by atoms with van der Waals surface area (Å²) in [4.78, 5) is 0. The molecule has 1 aliphatic rings. The number of allylic oxidation sites excluding steroid dienone is 3. The Morgan fingerprint density at radius 3 is 2.55 bits per heavy atom. The summed E-state index contributed by atoms with van der Waals surface area (Å²) in [6.07, 6.45) is 20.2. The molecule has 0 fully saturated rings. The van der Waals surface area contributed by atoms with E-state index in [-0.39, 0.29) is 18.8 Å². The lowest BCUT2D eigenvalue weighted by atomic mass is 9.77. The predicted molar refractivity (Wildman–Crippen MR) is 127 cm³/mol. The number of rotatable bonds is 15. The van der Waals surface area contributed by atoms with Crippen molar-refractivity contribution in [1.82, 2.24) is 0 Å². The van der Waals surface area contributed by atoms with Crippen LogP contribution in [0.5, 0.6) is 0 Å². The fourth-order valence-electron chi connectivity index (χ4n) is 4.48. The molecule has 0 amide bonds. The summed E-state index contributed by atoms with van der Waals surface area (Å²) in [5.41, 5.74) is 1.54. The van der Waals surface area contributed by atoms with Crippen molar-refractivity contribution in [2.75, 3.05) is 6.61 Å². The van der Waals surface area contributed by atoms with Crippen molar-refractivity contribution in [1.29, 1.82) is 0 Å². The summed E-state index contributed by atoms with van der Waals surface area (Å²) < 4.78 is 6.46. The number of hydrogen-bond acceptors (Lipinski definition) is 2. The van der Waals surface area contributed by atoms with Gasteiger partial charge in [-0.05, 0) is 50.4 Å². The SMILES string of the molecule is C[CH-]CC/C=C(\C)CCCC(C)CCCC(CO)OC1C(CC)C=CC(C)C1C. The molecule has 0 saturated heterocycles. The molecule has 6 unspecified atom stereocenters. The minimum atomic E-state index is -0.0112. The maximum atomic E-state index is 9.87. The number of aliphatic hydroxyl groups excluding tert-OH is 1. The smallest absolute Gasteiger partial charge is 0.0809 e. The van der Waals surface area contributed by atoms with Gasteiger partial charge in [-0.1, -0.05) is 77.2 Å². The van der Waals surface area contributed by atoms with Gasteiger partial charge in [0.2, 0.25) is 0 Å². The van der Waals surface area contributed by atoms with Gasteiger partial charge in [0.05, 0.1) is 18.8 Å². The van der Waals surface area contributed by atoms with Crippen molar-refractivity contribution >= 4 is 0 Å². The third-order valence-electron chi connectivity index (χ3n) is 6.90. The molecule has 0 aromatic heterocycles. The van der Waals surface area contributed by atoms with Gasteiger partial charge in [0.25, 0.3) is 0 Å². The van der Waals surface area contributed by atoms with E-state index in [9.17, 15) is 5.11 Å². The zero-order valence-electron chi connectivity index (χ0n) is 20.2. The van der Waals surface area contributed by atoms with E-state index in [1.165, 1.54) is 38.5 Å². The van der Waals surface area contributed by atoms with Crippen LogP contribution in [0.4, 0.5) is 0 Å². The van der Waals surface area contributed by atoms with Crippen LogP contribution in [0.2, 0.25) is 0 Å². The lowest BCUT2D eigenvalue weighted by molar-refractivity contribution is -0.0926. The van der Waals surface area contributed by atoms with Crippen molar-refractivity contribution in [3.8, 4) is 0 Å². The first-order chi connectivity index (χ1) is 13.9. The molecule has 0 bridgehead atoms. The van der Waals surface area contributed by atoms with E-state index in [4.69, 9.17) is 4.74 Å². The van der Waals surface area contributed by atoms with Crippen LogP contribution in [0, 0.1) is 30.1 Å². The van der Waals surface area contributed by atoms with E-state index < -0.39 is 0 Å². The van der Waals surface area contributed by atoms with Crippen molar-refractivity contribution < 1.29 is 9.84 Å². The number of ether oxygens (including phenoxy) is 1. The average Bonchev–Trinajstić information content (AvgIpc) is 2.70. The molecular formula is C27H49O2-. The van der Waals surface area contributed by atoms with Gasteiger partial charge in [0.15, 0.2) is 0 Å². The molecule has 1 aliphatic carbocycles. The highest BCUT2D eigenvalue weighted by Crippen LogP contribution is 2.33. The molecule has 0 aromatic rings. The molecule has 2 heteroatoms. The van der Waals surface area contributed by atoms with Crippen LogP contribution in [0.3, 0.4) is 0 Å². The van der Waals surface area contributed by atoms with Gasteiger partial charge in [-0.2, -0.15) is 13.3 Å². The Hall–Kier alpha value is -0.600. The fourth-order valence-corrected chi connectivity index (χ4v) is 4.48. The molecule has 6 atom stereocenters. The predicted octanol–water partition coefficient (Wildman–Crippen LogP) is 7.53. The first-order valence-corrected chi connectivity index (χ1v) is 12.3. The van der Waals surface area contributed by atoms with Crippen LogP contribution in [-0.4, -0.2) is 23.9 Å². The number of aliphatic hydroxyl groups is 1. The van der Waals surface area contributed by atoms with E-state index >= 15 is 0 Å². The van der Waals surface area contributed by atoms with Gasteiger partial charge >= 0.3 is 0 Å². The Bertz CT molecular complexity index is 467. The normalized spacial score (nSPS) is 27.2. The molecule has 0 aromatic carbocycles. The standard InChI is InChI=1S/C27H49O2/c1-7-9-10-13-21(3)14-11-15-22(4)16-12-17-26(20-28)29-27-24(6)23(5)18-19-25(27)8-2/h7,13,18-19,22-28H,8-12,14-17,20H2,1-6H3/q-1/b21-13+. The molecule has 0 spiro atoms.